The Bertz CT molecular complexity index is 987. The van der Waals surface area contributed by atoms with Gasteiger partial charge in [0.1, 0.15) is 18.8 Å². The maximum Gasteiger partial charge on any atom is 0.428 e. The molecule has 0 radical (unpaired) electrons. The van der Waals surface area contributed by atoms with E-state index in [1.54, 1.807) is 52.0 Å². The third kappa shape index (κ3) is 11.2. The molecule has 0 saturated carbocycles. The van der Waals surface area contributed by atoms with Crippen molar-refractivity contribution in [3.05, 3.63) is 71.3 Å². The Morgan fingerprint density at radius 2 is 1.69 bits per heavy atom. The lowest BCUT2D eigenvalue weighted by atomic mass is 10.1. The second-order valence-corrected chi connectivity index (χ2v) is 8.37. The van der Waals surface area contributed by atoms with Crippen LogP contribution in [0.4, 0.5) is 9.59 Å². The molecule has 0 spiro atoms. The van der Waals surface area contributed by atoms with Gasteiger partial charge < -0.3 is 14.8 Å². The van der Waals surface area contributed by atoms with Crippen LogP contribution in [0.25, 0.3) is 0 Å². The molecule has 10 heteroatoms. The van der Waals surface area contributed by atoms with Crippen molar-refractivity contribution in [2.45, 2.75) is 46.4 Å². The fraction of sp³-hybridized carbons (Fsp3) is 0.360. The molecule has 188 valence electrons. The van der Waals surface area contributed by atoms with Crippen LogP contribution in [0.3, 0.4) is 0 Å². The van der Waals surface area contributed by atoms with E-state index in [-0.39, 0.29) is 26.3 Å². The number of hydrogen-bond acceptors (Lipinski definition) is 7. The Labute approximate surface area is 205 Å². The number of esters is 1. The van der Waals surface area contributed by atoms with Gasteiger partial charge in [-0.2, -0.15) is 10.2 Å². The summed E-state index contributed by atoms with van der Waals surface area (Å²) >= 11 is 0. The first kappa shape index (κ1) is 27.3. The lowest BCUT2D eigenvalue weighted by Gasteiger charge is -2.22. The first-order valence-electron chi connectivity index (χ1n) is 11.1. The minimum atomic E-state index is -0.648. The van der Waals surface area contributed by atoms with E-state index in [0.29, 0.717) is 0 Å². The van der Waals surface area contributed by atoms with Gasteiger partial charge in [0.2, 0.25) is 0 Å². The maximum absolute atomic E-state index is 12.7. The SMILES string of the molecule is CCOC(=O)CNC(=O)N(Cc1ccc(C=NNC(=O)OC(C)(C)C)cc1)OCc1ccccc1. The van der Waals surface area contributed by atoms with Crippen LogP contribution in [-0.2, 0) is 32.3 Å². The predicted molar refractivity (Wildman–Crippen MR) is 130 cm³/mol. The van der Waals surface area contributed by atoms with Crippen molar-refractivity contribution >= 4 is 24.3 Å². The monoisotopic (exact) mass is 484 g/mol. The number of nitrogens with zero attached hydrogens (tertiary/aromatic N) is 2. The fourth-order valence-electron chi connectivity index (χ4n) is 2.69. The minimum absolute atomic E-state index is 0.134. The predicted octanol–water partition coefficient (Wildman–Crippen LogP) is 3.75. The van der Waals surface area contributed by atoms with E-state index in [1.807, 2.05) is 30.3 Å². The van der Waals surface area contributed by atoms with Gasteiger partial charge in [-0.15, -0.1) is 0 Å². The summed E-state index contributed by atoms with van der Waals surface area (Å²) < 4.78 is 9.96. The number of hydrazone groups is 1. The lowest BCUT2D eigenvalue weighted by Crippen LogP contribution is -2.42. The van der Waals surface area contributed by atoms with Gasteiger partial charge in [0.05, 0.1) is 19.4 Å². The molecule has 0 aliphatic heterocycles. The summed E-state index contributed by atoms with van der Waals surface area (Å²) in [6, 6.07) is 16.0. The van der Waals surface area contributed by atoms with Crippen LogP contribution in [-0.4, -0.2) is 48.1 Å². The number of carbonyl (C=O) groups is 3. The van der Waals surface area contributed by atoms with Gasteiger partial charge >= 0.3 is 18.1 Å². The zero-order valence-corrected chi connectivity index (χ0v) is 20.4. The zero-order valence-electron chi connectivity index (χ0n) is 20.4. The highest BCUT2D eigenvalue weighted by atomic mass is 16.7. The van der Waals surface area contributed by atoms with Crippen LogP contribution < -0.4 is 10.7 Å². The molecule has 0 aliphatic rings. The molecule has 0 aromatic heterocycles. The summed E-state index contributed by atoms with van der Waals surface area (Å²) in [6.45, 7) is 7.25. The standard InChI is InChI=1S/C25H32N4O6/c1-5-33-22(30)16-26-23(31)29(34-18-21-9-7-6-8-10-21)17-20-13-11-19(12-14-20)15-27-28-24(32)35-25(2,3)4/h6-15H,5,16-18H2,1-4H3,(H,26,31)(H,28,32). The zero-order chi connectivity index (χ0) is 25.7. The number of rotatable bonds is 10. The Hall–Kier alpha value is -3.92. The van der Waals surface area contributed by atoms with Gasteiger partial charge in [-0.25, -0.2) is 15.0 Å². The van der Waals surface area contributed by atoms with Crippen molar-refractivity contribution in [2.24, 2.45) is 5.10 Å². The molecule has 2 aromatic carbocycles. The first-order valence-corrected chi connectivity index (χ1v) is 11.1. The number of nitrogens with one attached hydrogen (secondary N) is 2. The van der Waals surface area contributed by atoms with E-state index < -0.39 is 23.7 Å². The maximum atomic E-state index is 12.7. The van der Waals surface area contributed by atoms with Crippen LogP contribution in [0, 0.1) is 0 Å². The molecule has 0 atom stereocenters. The second-order valence-electron chi connectivity index (χ2n) is 8.37. The molecule has 2 aromatic rings. The summed E-state index contributed by atoms with van der Waals surface area (Å²) in [5.74, 6) is -0.535. The van der Waals surface area contributed by atoms with E-state index >= 15 is 0 Å². The average Bonchev–Trinajstić information content (AvgIpc) is 2.81. The highest BCUT2D eigenvalue weighted by molar-refractivity contribution is 5.81. The number of ether oxygens (including phenoxy) is 2. The van der Waals surface area contributed by atoms with Gasteiger partial charge in [0, 0.05) is 0 Å². The highest BCUT2D eigenvalue weighted by Gasteiger charge is 2.17. The molecule has 0 aliphatic carbocycles. The van der Waals surface area contributed by atoms with E-state index in [1.165, 1.54) is 6.21 Å². The molecule has 0 fully saturated rings. The van der Waals surface area contributed by atoms with Crippen molar-refractivity contribution in [3.63, 3.8) is 0 Å². The van der Waals surface area contributed by atoms with Crippen LogP contribution in [0.15, 0.2) is 59.7 Å². The second kappa shape index (κ2) is 13.7. The molecule has 2 N–H and O–H groups in total. The number of hydroxylamine groups is 2. The summed E-state index contributed by atoms with van der Waals surface area (Å²) in [6.07, 6.45) is 0.828. The number of amides is 3. The molecule has 3 amide bonds. The highest BCUT2D eigenvalue weighted by Crippen LogP contribution is 2.11. The molecule has 0 heterocycles. The molecule has 0 unspecified atom stereocenters. The Morgan fingerprint density at radius 3 is 2.31 bits per heavy atom. The van der Waals surface area contributed by atoms with Gasteiger partial charge in [-0.1, -0.05) is 54.6 Å². The normalized spacial score (nSPS) is 11.1. The topological polar surface area (TPSA) is 119 Å². The minimum Gasteiger partial charge on any atom is -0.465 e. The number of hydrogen-bond donors (Lipinski definition) is 2. The van der Waals surface area contributed by atoms with Crippen molar-refractivity contribution in [2.75, 3.05) is 13.2 Å². The van der Waals surface area contributed by atoms with Gasteiger partial charge in [-0.05, 0) is 44.4 Å². The lowest BCUT2D eigenvalue weighted by molar-refractivity contribution is -0.144. The third-order valence-corrected chi connectivity index (χ3v) is 4.22. The molecule has 35 heavy (non-hydrogen) atoms. The fourth-order valence-corrected chi connectivity index (χ4v) is 2.69. The van der Waals surface area contributed by atoms with Crippen molar-refractivity contribution in [1.82, 2.24) is 15.8 Å². The number of urea groups is 1. The largest absolute Gasteiger partial charge is 0.465 e. The molecule has 10 nitrogen and oxygen atoms in total. The quantitative estimate of drug-likeness (QED) is 0.301. The third-order valence-electron chi connectivity index (χ3n) is 4.22. The smallest absolute Gasteiger partial charge is 0.428 e. The van der Waals surface area contributed by atoms with Crippen molar-refractivity contribution < 1.29 is 28.7 Å². The number of carbonyl (C=O) groups excluding carboxylic acids is 3. The van der Waals surface area contributed by atoms with Crippen LogP contribution in [0.5, 0.6) is 0 Å². The van der Waals surface area contributed by atoms with Crippen LogP contribution in [0.2, 0.25) is 0 Å². The van der Waals surface area contributed by atoms with Gasteiger partial charge in [-0.3, -0.25) is 9.63 Å². The van der Waals surface area contributed by atoms with E-state index in [0.717, 1.165) is 21.8 Å². The average molecular weight is 485 g/mol. The van der Waals surface area contributed by atoms with E-state index in [2.05, 4.69) is 15.8 Å². The Balaban J connectivity index is 1.99. The molecular weight excluding hydrogens is 452 g/mol. The van der Waals surface area contributed by atoms with Crippen molar-refractivity contribution in [3.8, 4) is 0 Å². The van der Waals surface area contributed by atoms with Crippen LogP contribution >= 0.6 is 0 Å². The van der Waals surface area contributed by atoms with Gasteiger partial charge in [0.15, 0.2) is 0 Å². The van der Waals surface area contributed by atoms with E-state index in [4.69, 9.17) is 14.3 Å². The van der Waals surface area contributed by atoms with Crippen LogP contribution in [0.1, 0.15) is 44.4 Å². The molecule has 2 rings (SSSR count). The van der Waals surface area contributed by atoms with Crippen molar-refractivity contribution in [1.29, 1.82) is 0 Å². The number of benzene rings is 2. The summed E-state index contributed by atoms with van der Waals surface area (Å²) in [4.78, 5) is 41.6. The first-order chi connectivity index (χ1) is 16.7. The Kier molecular flexibility index (Phi) is 10.7. The molecule has 0 saturated heterocycles. The van der Waals surface area contributed by atoms with E-state index in [9.17, 15) is 14.4 Å². The molecule has 0 bridgehead atoms. The molecular formula is C25H32N4O6. The van der Waals surface area contributed by atoms with Gasteiger partial charge in [0.25, 0.3) is 0 Å². The summed E-state index contributed by atoms with van der Waals surface area (Å²) in [5, 5.41) is 7.53. The summed E-state index contributed by atoms with van der Waals surface area (Å²) in [7, 11) is 0. The Morgan fingerprint density at radius 1 is 1.00 bits per heavy atom. The summed E-state index contributed by atoms with van der Waals surface area (Å²) in [5.41, 5.74) is 4.09.